The zero-order valence-electron chi connectivity index (χ0n) is 13.8. The topological polar surface area (TPSA) is 111 Å². The summed E-state index contributed by atoms with van der Waals surface area (Å²) in [4.78, 5) is 12.1. The van der Waals surface area contributed by atoms with Crippen LogP contribution in [0.2, 0.25) is 0 Å². The Kier molecular flexibility index (Phi) is 6.41. The van der Waals surface area contributed by atoms with Crippen molar-refractivity contribution in [2.24, 2.45) is 11.7 Å². The van der Waals surface area contributed by atoms with Crippen molar-refractivity contribution >= 4 is 18.3 Å². The summed E-state index contributed by atoms with van der Waals surface area (Å²) in [6, 6.07) is 8.92. The number of nitrogens with one attached hydrogen (secondary N) is 1. The highest BCUT2D eigenvalue weighted by Crippen LogP contribution is 2.26. The van der Waals surface area contributed by atoms with Gasteiger partial charge in [-0.3, -0.25) is 4.79 Å². The van der Waals surface area contributed by atoms with Gasteiger partial charge in [-0.05, 0) is 25.0 Å². The number of carbonyl (C=O) groups is 1. The van der Waals surface area contributed by atoms with E-state index < -0.39 is 6.10 Å². The smallest absolute Gasteiger partial charge is 0.223 e. The molecule has 25 heavy (non-hydrogen) atoms. The van der Waals surface area contributed by atoms with Crippen molar-refractivity contribution in [3.05, 3.63) is 36.0 Å². The molecule has 1 fully saturated rings. The molecule has 0 unspecified atom stereocenters. The first-order valence-corrected chi connectivity index (χ1v) is 7.88. The summed E-state index contributed by atoms with van der Waals surface area (Å²) < 4.78 is 10.5. The Hall–Kier alpha value is -2.09. The van der Waals surface area contributed by atoms with Crippen LogP contribution in [0.15, 0.2) is 34.9 Å². The van der Waals surface area contributed by atoms with Crippen molar-refractivity contribution in [3.8, 4) is 17.1 Å². The molecule has 136 valence electrons. The number of ether oxygens (including phenoxy) is 1. The molecule has 1 amide bonds. The molecule has 3 atom stereocenters. The number of hydrogen-bond acceptors (Lipinski definition) is 6. The summed E-state index contributed by atoms with van der Waals surface area (Å²) in [5.74, 6) is 0.971. The molecule has 2 aromatic rings. The molecule has 1 aromatic heterocycles. The van der Waals surface area contributed by atoms with Crippen LogP contribution in [0.25, 0.3) is 11.3 Å². The van der Waals surface area contributed by atoms with Gasteiger partial charge in [0.25, 0.3) is 0 Å². The average Bonchev–Trinajstić information content (AvgIpc) is 3.20. The zero-order chi connectivity index (χ0) is 17.1. The molecule has 0 aliphatic heterocycles. The highest BCUT2D eigenvalue weighted by atomic mass is 35.5. The average molecular weight is 368 g/mol. The normalized spacial score (nSPS) is 22.3. The van der Waals surface area contributed by atoms with Crippen LogP contribution in [0.3, 0.4) is 0 Å². The number of hydrogen-bond donors (Lipinski definition) is 3. The van der Waals surface area contributed by atoms with Crippen molar-refractivity contribution in [1.29, 1.82) is 0 Å². The van der Waals surface area contributed by atoms with Crippen LogP contribution in [0.4, 0.5) is 0 Å². The number of halogens is 1. The lowest BCUT2D eigenvalue weighted by Crippen LogP contribution is -2.30. The van der Waals surface area contributed by atoms with Gasteiger partial charge in [-0.15, -0.1) is 12.4 Å². The van der Waals surface area contributed by atoms with Gasteiger partial charge in [0.05, 0.1) is 19.8 Å². The van der Waals surface area contributed by atoms with Crippen molar-refractivity contribution in [3.63, 3.8) is 0 Å². The lowest BCUT2D eigenvalue weighted by atomic mass is 10.1. The Balaban J connectivity index is 0.00000225. The van der Waals surface area contributed by atoms with Gasteiger partial charge >= 0.3 is 0 Å². The number of methoxy groups -OCH3 is 1. The summed E-state index contributed by atoms with van der Waals surface area (Å²) >= 11 is 0. The van der Waals surface area contributed by atoms with Gasteiger partial charge in [-0.25, -0.2) is 0 Å². The number of aliphatic hydroxyl groups excluding tert-OH is 1. The fourth-order valence-electron chi connectivity index (χ4n) is 2.89. The molecule has 1 aliphatic carbocycles. The highest BCUT2D eigenvalue weighted by molar-refractivity contribution is 5.85. The van der Waals surface area contributed by atoms with Crippen LogP contribution in [0.5, 0.6) is 5.75 Å². The van der Waals surface area contributed by atoms with Gasteiger partial charge in [0.1, 0.15) is 11.4 Å². The second-order valence-electron chi connectivity index (χ2n) is 6.03. The molecule has 0 bridgehead atoms. The largest absolute Gasteiger partial charge is 0.497 e. The third-order valence-electron chi connectivity index (χ3n) is 4.30. The summed E-state index contributed by atoms with van der Waals surface area (Å²) in [7, 11) is 1.60. The third kappa shape index (κ3) is 4.50. The number of nitrogens with zero attached hydrogens (tertiary/aromatic N) is 1. The SMILES string of the molecule is COc1cccc(-c2cc(CNC(=O)[C@H]3C[C@H](N)[C@@H](O)C3)no2)c1.Cl. The van der Waals surface area contributed by atoms with Crippen LogP contribution in [-0.2, 0) is 11.3 Å². The lowest BCUT2D eigenvalue weighted by molar-refractivity contribution is -0.125. The Morgan fingerprint density at radius 2 is 2.24 bits per heavy atom. The van der Waals surface area contributed by atoms with E-state index >= 15 is 0 Å². The lowest BCUT2D eigenvalue weighted by Gasteiger charge is -2.08. The summed E-state index contributed by atoms with van der Waals surface area (Å²) in [5.41, 5.74) is 7.22. The third-order valence-corrected chi connectivity index (χ3v) is 4.30. The second-order valence-corrected chi connectivity index (χ2v) is 6.03. The second kappa shape index (κ2) is 8.33. The van der Waals surface area contributed by atoms with Gasteiger partial charge in [-0.2, -0.15) is 0 Å². The summed E-state index contributed by atoms with van der Waals surface area (Å²) in [6.45, 7) is 0.272. The summed E-state index contributed by atoms with van der Waals surface area (Å²) in [5, 5.41) is 16.4. The van der Waals surface area contributed by atoms with E-state index in [-0.39, 0.29) is 36.8 Å². The molecule has 0 spiro atoms. The fraction of sp³-hybridized carbons (Fsp3) is 0.412. The van der Waals surface area contributed by atoms with E-state index in [1.165, 1.54) is 0 Å². The quantitative estimate of drug-likeness (QED) is 0.738. The fourth-order valence-corrected chi connectivity index (χ4v) is 2.89. The van der Waals surface area contributed by atoms with Crippen LogP contribution >= 0.6 is 12.4 Å². The number of aliphatic hydroxyl groups is 1. The molecular weight excluding hydrogens is 346 g/mol. The van der Waals surface area contributed by atoms with E-state index in [4.69, 9.17) is 15.0 Å². The van der Waals surface area contributed by atoms with E-state index in [1.807, 2.05) is 24.3 Å². The molecule has 1 aliphatic rings. The molecule has 1 aromatic carbocycles. The Bertz CT molecular complexity index is 711. The molecule has 3 rings (SSSR count). The van der Waals surface area contributed by atoms with Gasteiger partial charge in [0, 0.05) is 23.6 Å². The first-order valence-electron chi connectivity index (χ1n) is 7.88. The molecule has 4 N–H and O–H groups in total. The van der Waals surface area contributed by atoms with Crippen LogP contribution in [-0.4, -0.2) is 35.4 Å². The Morgan fingerprint density at radius 1 is 1.44 bits per heavy atom. The van der Waals surface area contributed by atoms with E-state index in [1.54, 1.807) is 13.2 Å². The molecule has 1 saturated carbocycles. The van der Waals surface area contributed by atoms with E-state index in [0.29, 0.717) is 24.3 Å². The first kappa shape index (κ1) is 19.2. The monoisotopic (exact) mass is 367 g/mol. The Labute approximate surface area is 151 Å². The van der Waals surface area contributed by atoms with Crippen molar-refractivity contribution < 1.29 is 19.2 Å². The molecule has 7 nitrogen and oxygen atoms in total. The van der Waals surface area contributed by atoms with Gasteiger partial charge in [0.15, 0.2) is 5.76 Å². The minimum absolute atomic E-state index is 0. The number of rotatable bonds is 5. The minimum atomic E-state index is -0.604. The van der Waals surface area contributed by atoms with Gasteiger partial charge < -0.3 is 25.4 Å². The number of carbonyl (C=O) groups excluding carboxylic acids is 1. The van der Waals surface area contributed by atoms with E-state index in [9.17, 15) is 9.90 Å². The minimum Gasteiger partial charge on any atom is -0.497 e. The number of nitrogens with two attached hydrogens (primary N) is 1. The van der Waals surface area contributed by atoms with E-state index in [0.717, 1.165) is 11.3 Å². The maximum Gasteiger partial charge on any atom is 0.223 e. The number of aromatic nitrogens is 1. The number of benzene rings is 1. The standard InChI is InChI=1S/C17H21N3O4.ClH/c1-23-13-4-2-3-10(5-13)16-8-12(20-24-16)9-19-17(22)11-6-14(18)15(21)7-11;/h2-5,8,11,14-15,21H,6-7,9,18H2,1H3,(H,19,22);1H/t11-,14-,15-;/m0./s1. The predicted molar refractivity (Wildman–Crippen MR) is 94.3 cm³/mol. The van der Waals surface area contributed by atoms with Crippen molar-refractivity contribution in [2.75, 3.05) is 7.11 Å². The van der Waals surface area contributed by atoms with E-state index in [2.05, 4.69) is 10.5 Å². The summed E-state index contributed by atoms with van der Waals surface area (Å²) in [6.07, 6.45) is 0.300. The molecule has 8 heteroatoms. The highest BCUT2D eigenvalue weighted by Gasteiger charge is 2.34. The van der Waals surface area contributed by atoms with Crippen LogP contribution < -0.4 is 15.8 Å². The Morgan fingerprint density at radius 3 is 2.92 bits per heavy atom. The zero-order valence-corrected chi connectivity index (χ0v) is 14.7. The van der Waals surface area contributed by atoms with Crippen LogP contribution in [0, 0.1) is 5.92 Å². The van der Waals surface area contributed by atoms with Crippen molar-refractivity contribution in [2.45, 2.75) is 31.5 Å². The van der Waals surface area contributed by atoms with Crippen molar-refractivity contribution in [1.82, 2.24) is 10.5 Å². The van der Waals surface area contributed by atoms with Crippen LogP contribution in [0.1, 0.15) is 18.5 Å². The predicted octanol–water partition coefficient (Wildman–Crippen LogP) is 1.49. The number of amides is 1. The molecule has 0 radical (unpaired) electrons. The maximum absolute atomic E-state index is 12.1. The van der Waals surface area contributed by atoms with Gasteiger partial charge in [0.2, 0.25) is 5.91 Å². The first-order chi connectivity index (χ1) is 11.6. The molecular formula is C17H22ClN3O4. The van der Waals surface area contributed by atoms with Gasteiger partial charge in [-0.1, -0.05) is 17.3 Å². The molecule has 0 saturated heterocycles. The maximum atomic E-state index is 12.1. The molecule has 1 heterocycles.